The second-order valence-electron chi connectivity index (χ2n) is 6.48. The summed E-state index contributed by atoms with van der Waals surface area (Å²) in [5, 5.41) is 23.4. The second-order valence-corrected chi connectivity index (χ2v) is 7.42. The average Bonchev–Trinajstić information content (AvgIpc) is 3.18. The number of thioether (sulfide) groups is 1. The van der Waals surface area contributed by atoms with Crippen LogP contribution in [0.5, 0.6) is 5.75 Å². The highest BCUT2D eigenvalue weighted by Crippen LogP contribution is 2.33. The summed E-state index contributed by atoms with van der Waals surface area (Å²) in [7, 11) is 1.29. The molecule has 0 saturated heterocycles. The van der Waals surface area contributed by atoms with Gasteiger partial charge >= 0.3 is 11.7 Å². The van der Waals surface area contributed by atoms with Gasteiger partial charge in [-0.05, 0) is 36.8 Å². The van der Waals surface area contributed by atoms with Gasteiger partial charge in [0, 0.05) is 23.5 Å². The Balaban J connectivity index is 1.79. The van der Waals surface area contributed by atoms with Gasteiger partial charge in [0.25, 0.3) is 0 Å². The van der Waals surface area contributed by atoms with Crippen molar-refractivity contribution in [1.29, 1.82) is 0 Å². The fraction of sp³-hybridized carbons (Fsp3) is 0.150. The molecule has 0 aliphatic heterocycles. The Morgan fingerprint density at radius 3 is 2.59 bits per heavy atom. The third-order valence-electron chi connectivity index (χ3n) is 4.36. The van der Waals surface area contributed by atoms with Crippen LogP contribution >= 0.6 is 11.8 Å². The quantitative estimate of drug-likeness (QED) is 0.295. The molecule has 0 saturated carbocycles. The van der Waals surface area contributed by atoms with Gasteiger partial charge in [-0.25, -0.2) is 14.2 Å². The number of amides is 1. The van der Waals surface area contributed by atoms with E-state index in [0.29, 0.717) is 16.9 Å². The van der Waals surface area contributed by atoms with Crippen LogP contribution in [-0.4, -0.2) is 44.3 Å². The third kappa shape index (κ3) is 4.86. The molecule has 0 bridgehead atoms. The maximum atomic E-state index is 13.3. The minimum Gasteiger partial charge on any atom is -0.490 e. The molecular formula is C20H17FN4O6S. The van der Waals surface area contributed by atoms with Crippen molar-refractivity contribution in [3.63, 3.8) is 0 Å². The standard InChI is InChI=1S/C20H17FN4O6S/c1-11-7-15(25(29)30)17(31-2)8-14(11)23-18(26)10-32-20-22-9-16(19(27)28)24(20)13-5-3-12(21)4-6-13/h3-9H,10H2,1-2H3,(H,23,26)(H,27,28). The SMILES string of the molecule is COc1cc(NC(=O)CSc2ncc(C(=O)O)n2-c2ccc(F)cc2)c(C)cc1[N+](=O)[O-]. The number of anilines is 1. The Kier molecular flexibility index (Phi) is 6.73. The molecule has 1 amide bonds. The largest absolute Gasteiger partial charge is 0.490 e. The molecule has 0 radical (unpaired) electrons. The number of hydrogen-bond acceptors (Lipinski definition) is 7. The van der Waals surface area contributed by atoms with Crippen LogP contribution in [0.25, 0.3) is 5.69 Å². The lowest BCUT2D eigenvalue weighted by atomic mass is 10.1. The van der Waals surface area contributed by atoms with Crippen molar-refractivity contribution in [1.82, 2.24) is 9.55 Å². The van der Waals surface area contributed by atoms with E-state index in [0.717, 1.165) is 18.0 Å². The van der Waals surface area contributed by atoms with E-state index < -0.39 is 22.6 Å². The average molecular weight is 460 g/mol. The molecule has 0 fully saturated rings. The molecule has 3 rings (SSSR count). The molecule has 3 aromatic rings. The Hall–Kier alpha value is -3.93. The van der Waals surface area contributed by atoms with E-state index >= 15 is 0 Å². The summed E-state index contributed by atoms with van der Waals surface area (Å²) in [6.07, 6.45) is 1.15. The van der Waals surface area contributed by atoms with Gasteiger partial charge in [0.05, 0.1) is 24.0 Å². The van der Waals surface area contributed by atoms with Crippen molar-refractivity contribution in [2.45, 2.75) is 12.1 Å². The number of carboxylic acid groups (broad SMARTS) is 1. The van der Waals surface area contributed by atoms with Gasteiger partial charge in [-0.15, -0.1) is 0 Å². The van der Waals surface area contributed by atoms with Crippen molar-refractivity contribution < 1.29 is 28.7 Å². The summed E-state index contributed by atoms with van der Waals surface area (Å²) >= 11 is 0.979. The molecule has 0 aliphatic carbocycles. The monoisotopic (exact) mass is 460 g/mol. The number of nitro groups is 1. The van der Waals surface area contributed by atoms with E-state index in [9.17, 15) is 29.2 Å². The first-order chi connectivity index (χ1) is 15.2. The number of ether oxygens (including phenoxy) is 1. The number of nitrogens with zero attached hydrogens (tertiary/aromatic N) is 3. The van der Waals surface area contributed by atoms with Crippen LogP contribution in [0.4, 0.5) is 15.8 Å². The van der Waals surface area contributed by atoms with Gasteiger partial charge < -0.3 is 15.2 Å². The van der Waals surface area contributed by atoms with Gasteiger partial charge in [-0.1, -0.05) is 11.8 Å². The third-order valence-corrected chi connectivity index (χ3v) is 5.32. The minimum atomic E-state index is -1.23. The number of hydrogen-bond donors (Lipinski definition) is 2. The lowest BCUT2D eigenvalue weighted by molar-refractivity contribution is -0.385. The van der Waals surface area contributed by atoms with Crippen LogP contribution in [-0.2, 0) is 4.79 Å². The summed E-state index contributed by atoms with van der Waals surface area (Å²) in [5.41, 5.74) is 0.818. The Bertz CT molecular complexity index is 1200. The van der Waals surface area contributed by atoms with Gasteiger partial charge in [0.15, 0.2) is 16.6 Å². The molecule has 2 N–H and O–H groups in total. The first-order valence-corrected chi connectivity index (χ1v) is 10.0. The zero-order chi connectivity index (χ0) is 23.4. The molecule has 0 atom stereocenters. The number of nitrogens with one attached hydrogen (secondary N) is 1. The van der Waals surface area contributed by atoms with Crippen LogP contribution in [0.1, 0.15) is 16.1 Å². The Morgan fingerprint density at radius 2 is 2.00 bits per heavy atom. The molecule has 12 heteroatoms. The van der Waals surface area contributed by atoms with Gasteiger partial charge in [-0.2, -0.15) is 0 Å². The van der Waals surface area contributed by atoms with Crippen molar-refractivity contribution in [2.24, 2.45) is 0 Å². The Labute approximate surface area is 185 Å². The molecule has 32 heavy (non-hydrogen) atoms. The zero-order valence-corrected chi connectivity index (χ0v) is 17.7. The van der Waals surface area contributed by atoms with E-state index in [-0.39, 0.29) is 28.0 Å². The van der Waals surface area contributed by atoms with Crippen LogP contribution in [0.3, 0.4) is 0 Å². The second kappa shape index (κ2) is 9.47. The molecular weight excluding hydrogens is 443 g/mol. The number of aryl methyl sites for hydroxylation is 1. The molecule has 1 aromatic heterocycles. The summed E-state index contributed by atoms with van der Waals surface area (Å²) in [4.78, 5) is 38.6. The number of aromatic nitrogens is 2. The summed E-state index contributed by atoms with van der Waals surface area (Å²) in [6, 6.07) is 7.83. The van der Waals surface area contributed by atoms with Crippen LogP contribution in [0.15, 0.2) is 47.8 Å². The first kappa shape index (κ1) is 22.7. The fourth-order valence-corrected chi connectivity index (χ4v) is 3.65. The van der Waals surface area contributed by atoms with E-state index in [4.69, 9.17) is 4.74 Å². The summed E-state index contributed by atoms with van der Waals surface area (Å²) in [5.74, 6) is -2.28. The van der Waals surface area contributed by atoms with Crippen molar-refractivity contribution in [3.8, 4) is 11.4 Å². The topological polar surface area (TPSA) is 137 Å². The fourth-order valence-electron chi connectivity index (χ4n) is 2.86. The minimum absolute atomic E-state index is 0.00139. The normalized spacial score (nSPS) is 10.6. The van der Waals surface area contributed by atoms with Gasteiger partial charge in [-0.3, -0.25) is 19.5 Å². The highest BCUT2D eigenvalue weighted by Gasteiger charge is 2.20. The van der Waals surface area contributed by atoms with E-state index in [1.165, 1.54) is 48.1 Å². The molecule has 0 unspecified atom stereocenters. The molecule has 1 heterocycles. The zero-order valence-electron chi connectivity index (χ0n) is 16.9. The number of carboxylic acids is 1. The number of carbonyl (C=O) groups excluding carboxylic acids is 1. The van der Waals surface area contributed by atoms with Crippen LogP contribution in [0, 0.1) is 22.9 Å². The maximum Gasteiger partial charge on any atom is 0.354 e. The molecule has 0 aliphatic rings. The van der Waals surface area contributed by atoms with Crippen molar-refractivity contribution in [3.05, 3.63) is 69.8 Å². The number of rotatable bonds is 8. The highest BCUT2D eigenvalue weighted by atomic mass is 32.2. The predicted octanol–water partition coefficient (Wildman–Crippen LogP) is 3.67. The van der Waals surface area contributed by atoms with Crippen LogP contribution < -0.4 is 10.1 Å². The number of nitro benzene ring substituents is 1. The number of carbonyl (C=O) groups is 2. The van der Waals surface area contributed by atoms with E-state index in [2.05, 4.69) is 10.3 Å². The van der Waals surface area contributed by atoms with Crippen LogP contribution in [0.2, 0.25) is 0 Å². The van der Waals surface area contributed by atoms with Crippen molar-refractivity contribution >= 4 is 35.0 Å². The van der Waals surface area contributed by atoms with Crippen molar-refractivity contribution in [2.75, 3.05) is 18.2 Å². The molecule has 2 aromatic carbocycles. The van der Waals surface area contributed by atoms with Gasteiger partial charge in [0.1, 0.15) is 5.82 Å². The van der Waals surface area contributed by atoms with Gasteiger partial charge in [0.2, 0.25) is 5.91 Å². The van der Waals surface area contributed by atoms with E-state index in [1.807, 2.05) is 0 Å². The molecule has 10 nitrogen and oxygen atoms in total. The maximum absolute atomic E-state index is 13.3. The lowest BCUT2D eigenvalue weighted by Crippen LogP contribution is -2.16. The molecule has 0 spiro atoms. The number of imidazole rings is 1. The number of benzene rings is 2. The molecule has 166 valence electrons. The predicted molar refractivity (Wildman–Crippen MR) is 114 cm³/mol. The highest BCUT2D eigenvalue weighted by molar-refractivity contribution is 7.99. The lowest BCUT2D eigenvalue weighted by Gasteiger charge is -2.12. The summed E-state index contributed by atoms with van der Waals surface area (Å²) in [6.45, 7) is 1.61. The number of aromatic carboxylic acids is 1. The number of halogens is 1. The first-order valence-electron chi connectivity index (χ1n) is 9.04. The van der Waals surface area contributed by atoms with E-state index in [1.54, 1.807) is 6.92 Å². The summed E-state index contributed by atoms with van der Waals surface area (Å²) < 4.78 is 19.6. The Morgan fingerprint density at radius 1 is 1.31 bits per heavy atom. The number of methoxy groups -OCH3 is 1. The smallest absolute Gasteiger partial charge is 0.354 e.